The van der Waals surface area contributed by atoms with Crippen LogP contribution in [0.4, 0.5) is 5.13 Å². The molecule has 0 fully saturated rings. The summed E-state index contributed by atoms with van der Waals surface area (Å²) in [6, 6.07) is 8.76. The lowest BCUT2D eigenvalue weighted by Gasteiger charge is -2.27. The van der Waals surface area contributed by atoms with E-state index in [1.165, 1.54) is 10.4 Å². The van der Waals surface area contributed by atoms with Crippen molar-refractivity contribution < 1.29 is 4.74 Å². The van der Waals surface area contributed by atoms with Crippen molar-refractivity contribution >= 4 is 28.9 Å². The van der Waals surface area contributed by atoms with Gasteiger partial charge >= 0.3 is 0 Å². The second-order valence-electron chi connectivity index (χ2n) is 5.13. The Balaban J connectivity index is 0.00000242. The topological polar surface area (TPSA) is 51.4 Å². The molecule has 122 valence electrons. The van der Waals surface area contributed by atoms with Gasteiger partial charge in [-0.1, -0.05) is 19.1 Å². The standard InChI is InChI=1S/C16H23N3OS.ClH/c1-4-19(11-15-10-18-16(17)21-15)12(2)9-13-5-7-14(20-3)8-6-13;/h5-8,10,12H,4,9,11H2,1-3H3,(H2,17,18);1H. The van der Waals surface area contributed by atoms with Crippen molar-refractivity contribution in [3.63, 3.8) is 0 Å². The minimum Gasteiger partial charge on any atom is -0.497 e. The quantitative estimate of drug-likeness (QED) is 0.835. The molecular formula is C16H24ClN3OS. The molecule has 0 radical (unpaired) electrons. The molecule has 6 heteroatoms. The molecule has 4 nitrogen and oxygen atoms in total. The third kappa shape index (κ3) is 5.16. The number of nitrogens with two attached hydrogens (primary N) is 1. The van der Waals surface area contributed by atoms with Gasteiger partial charge in [-0.2, -0.15) is 0 Å². The van der Waals surface area contributed by atoms with Crippen LogP contribution in [0.3, 0.4) is 0 Å². The zero-order valence-corrected chi connectivity index (χ0v) is 14.9. The van der Waals surface area contributed by atoms with Gasteiger partial charge in [-0.3, -0.25) is 4.90 Å². The van der Waals surface area contributed by atoms with Gasteiger partial charge in [-0.15, -0.1) is 23.7 Å². The van der Waals surface area contributed by atoms with Crippen LogP contribution in [0.5, 0.6) is 5.75 Å². The molecule has 0 aliphatic carbocycles. The van der Waals surface area contributed by atoms with Gasteiger partial charge in [0.1, 0.15) is 5.75 Å². The fourth-order valence-electron chi connectivity index (χ4n) is 2.41. The Labute approximate surface area is 142 Å². The molecule has 0 saturated carbocycles. The van der Waals surface area contributed by atoms with Gasteiger partial charge < -0.3 is 10.5 Å². The van der Waals surface area contributed by atoms with E-state index in [0.29, 0.717) is 11.2 Å². The highest BCUT2D eigenvalue weighted by atomic mass is 35.5. The summed E-state index contributed by atoms with van der Waals surface area (Å²) < 4.78 is 5.20. The molecular weight excluding hydrogens is 318 g/mol. The molecule has 0 aliphatic heterocycles. The van der Waals surface area contributed by atoms with Gasteiger partial charge in [-0.25, -0.2) is 4.98 Å². The molecule has 2 N–H and O–H groups in total. The number of benzene rings is 1. The SMILES string of the molecule is CCN(Cc1cnc(N)s1)C(C)Cc1ccc(OC)cc1.Cl. The smallest absolute Gasteiger partial charge is 0.180 e. The zero-order valence-electron chi connectivity index (χ0n) is 13.3. The Kier molecular flexibility index (Phi) is 7.65. The Morgan fingerprint density at radius 1 is 1.32 bits per heavy atom. The zero-order chi connectivity index (χ0) is 15.2. The fourth-order valence-corrected chi connectivity index (χ4v) is 3.12. The molecule has 2 rings (SSSR count). The van der Waals surface area contributed by atoms with Crippen LogP contribution in [0.2, 0.25) is 0 Å². The average Bonchev–Trinajstić information content (AvgIpc) is 2.90. The number of rotatable bonds is 7. The maximum absolute atomic E-state index is 5.70. The number of hydrogen-bond acceptors (Lipinski definition) is 5. The van der Waals surface area contributed by atoms with E-state index >= 15 is 0 Å². The lowest BCUT2D eigenvalue weighted by atomic mass is 10.1. The number of nitrogens with zero attached hydrogens (tertiary/aromatic N) is 2. The predicted molar refractivity (Wildman–Crippen MR) is 96.0 cm³/mol. The molecule has 0 spiro atoms. The molecule has 1 heterocycles. The molecule has 22 heavy (non-hydrogen) atoms. The van der Waals surface area contributed by atoms with Gasteiger partial charge in [0.25, 0.3) is 0 Å². The average molecular weight is 342 g/mol. The molecule has 0 saturated heterocycles. The van der Waals surface area contributed by atoms with Crippen LogP contribution in [0.25, 0.3) is 0 Å². The van der Waals surface area contributed by atoms with Crippen molar-refractivity contribution in [1.29, 1.82) is 0 Å². The lowest BCUT2D eigenvalue weighted by Crippen LogP contribution is -2.33. The molecule has 0 amide bonds. The van der Waals surface area contributed by atoms with Crippen molar-refractivity contribution in [2.45, 2.75) is 32.9 Å². The number of nitrogen functional groups attached to an aromatic ring is 1. The van der Waals surface area contributed by atoms with Crippen molar-refractivity contribution in [2.24, 2.45) is 0 Å². The predicted octanol–water partition coefficient (Wildman–Crippen LogP) is 3.61. The van der Waals surface area contributed by atoms with E-state index in [0.717, 1.165) is 25.3 Å². The van der Waals surface area contributed by atoms with Gasteiger partial charge in [0.15, 0.2) is 5.13 Å². The Hall–Kier alpha value is -1.30. The van der Waals surface area contributed by atoms with E-state index in [4.69, 9.17) is 10.5 Å². The highest BCUT2D eigenvalue weighted by Gasteiger charge is 2.14. The monoisotopic (exact) mass is 341 g/mol. The summed E-state index contributed by atoms with van der Waals surface area (Å²) in [6.07, 6.45) is 2.90. The minimum atomic E-state index is 0. The summed E-state index contributed by atoms with van der Waals surface area (Å²) in [4.78, 5) is 7.78. The number of hydrogen-bond donors (Lipinski definition) is 1. The Morgan fingerprint density at radius 2 is 2.00 bits per heavy atom. The molecule has 1 unspecified atom stereocenters. The van der Waals surface area contributed by atoms with Gasteiger partial charge in [0.05, 0.1) is 7.11 Å². The van der Waals surface area contributed by atoms with Crippen LogP contribution >= 0.6 is 23.7 Å². The number of aromatic nitrogens is 1. The molecule has 1 aromatic heterocycles. The number of thiazole rings is 1. The van der Waals surface area contributed by atoms with E-state index in [9.17, 15) is 0 Å². The summed E-state index contributed by atoms with van der Waals surface area (Å²) in [7, 11) is 1.69. The summed E-state index contributed by atoms with van der Waals surface area (Å²) in [5.74, 6) is 0.902. The van der Waals surface area contributed by atoms with Crippen LogP contribution in [0, 0.1) is 0 Å². The fraction of sp³-hybridized carbons (Fsp3) is 0.438. The molecule has 0 bridgehead atoms. The second kappa shape index (κ2) is 8.98. The van der Waals surface area contributed by atoms with Crippen LogP contribution in [-0.4, -0.2) is 29.6 Å². The van der Waals surface area contributed by atoms with Gasteiger partial charge in [-0.05, 0) is 37.6 Å². The van der Waals surface area contributed by atoms with E-state index < -0.39 is 0 Å². The summed E-state index contributed by atoms with van der Waals surface area (Å²) in [6.45, 7) is 6.37. The normalized spacial score (nSPS) is 12.0. The first-order chi connectivity index (χ1) is 10.1. The first-order valence-electron chi connectivity index (χ1n) is 7.19. The van der Waals surface area contributed by atoms with Crippen molar-refractivity contribution in [1.82, 2.24) is 9.88 Å². The second-order valence-corrected chi connectivity index (χ2v) is 6.28. The molecule has 1 aromatic carbocycles. The minimum absolute atomic E-state index is 0. The maximum atomic E-state index is 5.70. The number of likely N-dealkylation sites (N-methyl/N-ethyl adjacent to an activating group) is 1. The Bertz CT molecular complexity index is 559. The van der Waals surface area contributed by atoms with E-state index in [1.54, 1.807) is 18.4 Å². The highest BCUT2D eigenvalue weighted by molar-refractivity contribution is 7.15. The number of methoxy groups -OCH3 is 1. The summed E-state index contributed by atoms with van der Waals surface area (Å²) in [5.41, 5.74) is 7.02. The third-order valence-electron chi connectivity index (χ3n) is 3.65. The van der Waals surface area contributed by atoms with E-state index in [2.05, 4.69) is 35.9 Å². The van der Waals surface area contributed by atoms with Crippen molar-refractivity contribution in [2.75, 3.05) is 19.4 Å². The van der Waals surface area contributed by atoms with Crippen molar-refractivity contribution in [3.05, 3.63) is 40.9 Å². The number of ether oxygens (including phenoxy) is 1. The number of anilines is 1. The molecule has 2 aromatic rings. The van der Waals surface area contributed by atoms with E-state index in [-0.39, 0.29) is 12.4 Å². The molecule has 0 aliphatic rings. The first kappa shape index (κ1) is 18.7. The van der Waals surface area contributed by atoms with E-state index in [1.807, 2.05) is 18.3 Å². The Morgan fingerprint density at radius 3 is 2.50 bits per heavy atom. The van der Waals surface area contributed by atoms with Crippen LogP contribution in [0.1, 0.15) is 24.3 Å². The number of halogens is 1. The largest absolute Gasteiger partial charge is 0.497 e. The van der Waals surface area contributed by atoms with Gasteiger partial charge in [0.2, 0.25) is 0 Å². The molecule has 1 atom stereocenters. The van der Waals surface area contributed by atoms with Crippen LogP contribution in [0.15, 0.2) is 30.5 Å². The summed E-state index contributed by atoms with van der Waals surface area (Å²) >= 11 is 1.57. The van der Waals surface area contributed by atoms with Crippen LogP contribution in [-0.2, 0) is 13.0 Å². The summed E-state index contributed by atoms with van der Waals surface area (Å²) in [5, 5.41) is 0.642. The third-order valence-corrected chi connectivity index (χ3v) is 4.46. The van der Waals surface area contributed by atoms with Crippen molar-refractivity contribution in [3.8, 4) is 5.75 Å². The first-order valence-corrected chi connectivity index (χ1v) is 8.01. The maximum Gasteiger partial charge on any atom is 0.180 e. The van der Waals surface area contributed by atoms with Crippen LogP contribution < -0.4 is 10.5 Å². The lowest BCUT2D eigenvalue weighted by molar-refractivity contribution is 0.211. The highest BCUT2D eigenvalue weighted by Crippen LogP contribution is 2.19. The van der Waals surface area contributed by atoms with Gasteiger partial charge in [0, 0.05) is 23.7 Å².